The minimum Gasteiger partial charge on any atom is -0.492 e. The molecule has 0 bridgehead atoms. The number of benzene rings is 2. The molecule has 0 amide bonds. The van der Waals surface area contributed by atoms with Gasteiger partial charge in [0.2, 0.25) is 0 Å². The van der Waals surface area contributed by atoms with E-state index in [4.69, 9.17) is 4.74 Å². The number of hydrogen-bond donors (Lipinski definition) is 1. The Bertz CT molecular complexity index is 1110. The number of hydrogen-bond acceptors (Lipinski definition) is 5. The second kappa shape index (κ2) is 8.37. The number of ether oxygens (including phenoxy) is 1. The number of aromatic amines is 1. The van der Waals surface area contributed by atoms with Gasteiger partial charge in [0.1, 0.15) is 23.0 Å². The monoisotopic (exact) mass is 391 g/mol. The standard InChI is InChI=1S/C22H21N3O2S/c1-25(12-13-27-17-10-6-3-7-11-17)14-19-23-21(26)20-18(15-28-22(20)24-19)16-8-4-2-5-9-16/h2-11,15H,12-14H2,1H3,(H,23,24,26). The highest BCUT2D eigenvalue weighted by Crippen LogP contribution is 2.30. The van der Waals surface area contributed by atoms with Gasteiger partial charge in [-0.3, -0.25) is 9.69 Å². The number of fused-ring (bicyclic) bond motifs is 1. The van der Waals surface area contributed by atoms with Gasteiger partial charge in [-0.1, -0.05) is 48.5 Å². The third-order valence-corrected chi connectivity index (χ3v) is 5.35. The van der Waals surface area contributed by atoms with E-state index < -0.39 is 0 Å². The number of rotatable bonds is 7. The fourth-order valence-electron chi connectivity index (χ4n) is 3.07. The van der Waals surface area contributed by atoms with Gasteiger partial charge in [0.15, 0.2) is 0 Å². The Kier molecular flexibility index (Phi) is 5.50. The molecule has 0 radical (unpaired) electrons. The molecule has 28 heavy (non-hydrogen) atoms. The molecule has 4 rings (SSSR count). The van der Waals surface area contributed by atoms with Crippen molar-refractivity contribution >= 4 is 21.6 Å². The molecule has 0 saturated carbocycles. The summed E-state index contributed by atoms with van der Waals surface area (Å²) in [5.41, 5.74) is 1.88. The Morgan fingerprint density at radius 2 is 1.79 bits per heavy atom. The summed E-state index contributed by atoms with van der Waals surface area (Å²) in [4.78, 5) is 23.2. The first kappa shape index (κ1) is 18.4. The Morgan fingerprint density at radius 3 is 2.54 bits per heavy atom. The average molecular weight is 391 g/mol. The van der Waals surface area contributed by atoms with Gasteiger partial charge in [0.25, 0.3) is 5.56 Å². The zero-order valence-electron chi connectivity index (χ0n) is 15.6. The lowest BCUT2D eigenvalue weighted by Gasteiger charge is -2.16. The van der Waals surface area contributed by atoms with Crippen molar-refractivity contribution in [2.45, 2.75) is 6.54 Å². The van der Waals surface area contributed by atoms with E-state index in [9.17, 15) is 4.79 Å². The molecule has 5 nitrogen and oxygen atoms in total. The molecule has 0 spiro atoms. The average Bonchev–Trinajstić information content (AvgIpc) is 3.14. The topological polar surface area (TPSA) is 58.2 Å². The summed E-state index contributed by atoms with van der Waals surface area (Å²) in [5.74, 6) is 1.53. The van der Waals surface area contributed by atoms with Crippen molar-refractivity contribution in [2.24, 2.45) is 0 Å². The van der Waals surface area contributed by atoms with Crippen LogP contribution in [-0.4, -0.2) is 35.1 Å². The highest BCUT2D eigenvalue weighted by atomic mass is 32.1. The number of H-pyrrole nitrogens is 1. The summed E-state index contributed by atoms with van der Waals surface area (Å²) in [7, 11) is 1.99. The van der Waals surface area contributed by atoms with E-state index in [1.807, 2.05) is 73.1 Å². The van der Waals surface area contributed by atoms with Gasteiger partial charge in [-0.05, 0) is 24.7 Å². The van der Waals surface area contributed by atoms with Crippen LogP contribution in [0.5, 0.6) is 5.75 Å². The highest BCUT2D eigenvalue weighted by Gasteiger charge is 2.13. The molecule has 2 heterocycles. The summed E-state index contributed by atoms with van der Waals surface area (Å²) in [6, 6.07) is 19.7. The zero-order chi connectivity index (χ0) is 19.3. The van der Waals surface area contributed by atoms with Gasteiger partial charge >= 0.3 is 0 Å². The second-order valence-corrected chi connectivity index (χ2v) is 7.47. The van der Waals surface area contributed by atoms with Crippen molar-refractivity contribution in [3.63, 3.8) is 0 Å². The third kappa shape index (κ3) is 4.13. The van der Waals surface area contributed by atoms with Crippen LogP contribution < -0.4 is 10.3 Å². The van der Waals surface area contributed by atoms with Crippen molar-refractivity contribution in [3.05, 3.63) is 82.2 Å². The molecule has 142 valence electrons. The lowest BCUT2D eigenvalue weighted by Crippen LogP contribution is -2.26. The van der Waals surface area contributed by atoms with Crippen LogP contribution in [0.3, 0.4) is 0 Å². The molecular weight excluding hydrogens is 370 g/mol. The van der Waals surface area contributed by atoms with Crippen LogP contribution in [0.4, 0.5) is 0 Å². The summed E-state index contributed by atoms with van der Waals surface area (Å²) in [6.07, 6.45) is 0. The number of likely N-dealkylation sites (N-methyl/N-ethyl adjacent to an activating group) is 1. The lowest BCUT2D eigenvalue weighted by molar-refractivity contribution is 0.230. The maximum Gasteiger partial charge on any atom is 0.260 e. The van der Waals surface area contributed by atoms with Crippen LogP contribution in [0.2, 0.25) is 0 Å². The highest BCUT2D eigenvalue weighted by molar-refractivity contribution is 7.17. The lowest BCUT2D eigenvalue weighted by atomic mass is 10.1. The number of thiophene rings is 1. The predicted octanol–water partition coefficient (Wildman–Crippen LogP) is 4.16. The summed E-state index contributed by atoms with van der Waals surface area (Å²) in [5, 5.41) is 2.67. The van der Waals surface area contributed by atoms with Crippen LogP contribution in [0.15, 0.2) is 70.8 Å². The van der Waals surface area contributed by atoms with Crippen molar-refractivity contribution in [1.29, 1.82) is 0 Å². The number of aromatic nitrogens is 2. The molecule has 0 aliphatic carbocycles. The van der Waals surface area contributed by atoms with Gasteiger partial charge in [0.05, 0.1) is 11.9 Å². The van der Waals surface area contributed by atoms with E-state index in [0.29, 0.717) is 24.4 Å². The van der Waals surface area contributed by atoms with E-state index in [1.54, 1.807) is 0 Å². The Hall–Kier alpha value is -2.96. The van der Waals surface area contributed by atoms with Crippen molar-refractivity contribution in [1.82, 2.24) is 14.9 Å². The van der Waals surface area contributed by atoms with Crippen LogP contribution in [0.1, 0.15) is 5.82 Å². The van der Waals surface area contributed by atoms with Crippen LogP contribution in [-0.2, 0) is 6.54 Å². The molecule has 0 fully saturated rings. The Labute approximate surface area is 167 Å². The fraction of sp³-hybridized carbons (Fsp3) is 0.182. The zero-order valence-corrected chi connectivity index (χ0v) is 16.4. The van der Waals surface area contributed by atoms with Crippen molar-refractivity contribution in [2.75, 3.05) is 20.2 Å². The Balaban J connectivity index is 1.45. The predicted molar refractivity (Wildman–Crippen MR) is 114 cm³/mol. The molecular formula is C22H21N3O2S. The first-order chi connectivity index (χ1) is 13.7. The largest absolute Gasteiger partial charge is 0.492 e. The van der Waals surface area contributed by atoms with Crippen LogP contribution >= 0.6 is 11.3 Å². The minimum absolute atomic E-state index is 0.0889. The van der Waals surface area contributed by atoms with E-state index in [-0.39, 0.29) is 5.56 Å². The van der Waals surface area contributed by atoms with E-state index >= 15 is 0 Å². The maximum atomic E-state index is 12.7. The summed E-state index contributed by atoms with van der Waals surface area (Å²) in [6.45, 7) is 1.86. The summed E-state index contributed by atoms with van der Waals surface area (Å²) >= 11 is 1.51. The fourth-order valence-corrected chi connectivity index (χ4v) is 4.04. The molecule has 0 aliphatic heterocycles. The SMILES string of the molecule is CN(CCOc1ccccc1)Cc1nc2scc(-c3ccccc3)c2c(=O)[nH]1. The number of nitrogens with one attached hydrogen (secondary N) is 1. The van der Waals surface area contributed by atoms with E-state index in [0.717, 1.165) is 28.3 Å². The molecule has 0 unspecified atom stereocenters. The maximum absolute atomic E-state index is 12.7. The minimum atomic E-state index is -0.0889. The molecule has 0 saturated heterocycles. The van der Waals surface area contributed by atoms with Crippen LogP contribution in [0.25, 0.3) is 21.3 Å². The number of para-hydroxylation sites is 1. The second-order valence-electron chi connectivity index (χ2n) is 6.61. The number of nitrogens with zero attached hydrogens (tertiary/aromatic N) is 2. The molecule has 2 aromatic heterocycles. The molecule has 4 aromatic rings. The molecule has 1 N–H and O–H groups in total. The Morgan fingerprint density at radius 1 is 1.07 bits per heavy atom. The normalized spacial score (nSPS) is 11.2. The summed E-state index contributed by atoms with van der Waals surface area (Å²) < 4.78 is 5.73. The van der Waals surface area contributed by atoms with Crippen LogP contribution in [0, 0.1) is 0 Å². The first-order valence-corrected chi connectivity index (χ1v) is 10.0. The van der Waals surface area contributed by atoms with Crippen molar-refractivity contribution in [3.8, 4) is 16.9 Å². The molecule has 0 aliphatic rings. The van der Waals surface area contributed by atoms with Gasteiger partial charge < -0.3 is 9.72 Å². The van der Waals surface area contributed by atoms with Crippen molar-refractivity contribution < 1.29 is 4.74 Å². The quantitative estimate of drug-likeness (QED) is 0.514. The van der Waals surface area contributed by atoms with E-state index in [1.165, 1.54) is 11.3 Å². The third-order valence-electron chi connectivity index (χ3n) is 4.48. The van der Waals surface area contributed by atoms with E-state index in [2.05, 4.69) is 14.9 Å². The smallest absolute Gasteiger partial charge is 0.260 e. The van der Waals surface area contributed by atoms with Gasteiger partial charge in [-0.25, -0.2) is 4.98 Å². The van der Waals surface area contributed by atoms with Gasteiger partial charge in [-0.15, -0.1) is 11.3 Å². The van der Waals surface area contributed by atoms with Gasteiger partial charge in [0, 0.05) is 17.5 Å². The molecule has 0 atom stereocenters. The van der Waals surface area contributed by atoms with Gasteiger partial charge in [-0.2, -0.15) is 0 Å². The molecule has 6 heteroatoms. The first-order valence-electron chi connectivity index (χ1n) is 9.13. The molecule has 2 aromatic carbocycles.